The average Bonchev–Trinajstić information content (AvgIpc) is 3.04. The second-order valence-corrected chi connectivity index (χ2v) is 7.73. The lowest BCUT2D eigenvalue weighted by Crippen LogP contribution is -2.38. The fourth-order valence-corrected chi connectivity index (χ4v) is 4.60. The van der Waals surface area contributed by atoms with Crippen LogP contribution < -0.4 is 0 Å². The minimum atomic E-state index is -0.257. The van der Waals surface area contributed by atoms with E-state index in [4.69, 9.17) is 11.6 Å². The maximum Gasteiger partial charge on any atom is 0.237 e. The van der Waals surface area contributed by atoms with E-state index in [1.54, 1.807) is 17.8 Å². The summed E-state index contributed by atoms with van der Waals surface area (Å²) >= 11 is 8.04. The lowest BCUT2D eigenvalue weighted by molar-refractivity contribution is -0.132. The highest BCUT2D eigenvalue weighted by Crippen LogP contribution is 2.40. The highest BCUT2D eigenvalue weighted by atomic mass is 35.5. The summed E-state index contributed by atoms with van der Waals surface area (Å²) in [7, 11) is 1.87. The quantitative estimate of drug-likeness (QED) is 0.779. The second-order valence-electron chi connectivity index (χ2n) is 6.13. The molecule has 0 spiro atoms. The molecule has 0 bridgehead atoms. The number of likely N-dealkylation sites (N-methyl/N-ethyl adjacent to an activating group) is 1. The Bertz CT molecular complexity index is 758. The van der Waals surface area contributed by atoms with Crippen molar-refractivity contribution in [1.29, 1.82) is 0 Å². The molecule has 1 saturated heterocycles. The lowest BCUT2D eigenvalue weighted by Gasteiger charge is -2.27. The van der Waals surface area contributed by atoms with E-state index in [9.17, 15) is 9.18 Å². The Kier molecular flexibility index (Phi) is 5.99. The second kappa shape index (κ2) is 8.21. The van der Waals surface area contributed by atoms with Gasteiger partial charge in [0, 0.05) is 29.4 Å². The maximum atomic E-state index is 13.3. The van der Waals surface area contributed by atoms with Crippen LogP contribution in [0, 0.1) is 5.82 Å². The van der Waals surface area contributed by atoms with Gasteiger partial charge in [0.05, 0.1) is 6.54 Å². The average molecular weight is 379 g/mol. The van der Waals surface area contributed by atoms with Crippen molar-refractivity contribution in [3.05, 3.63) is 70.5 Å². The van der Waals surface area contributed by atoms with E-state index in [1.807, 2.05) is 47.2 Å². The molecule has 1 aliphatic heterocycles. The molecule has 0 aliphatic carbocycles. The molecule has 132 valence electrons. The number of hydrogen-bond donors (Lipinski definition) is 0. The number of carbonyl (C=O) groups excluding carboxylic acids is 1. The van der Waals surface area contributed by atoms with Gasteiger partial charge in [0.25, 0.3) is 0 Å². The number of amides is 1. The van der Waals surface area contributed by atoms with E-state index in [0.29, 0.717) is 18.1 Å². The van der Waals surface area contributed by atoms with Gasteiger partial charge in [-0.25, -0.2) is 4.39 Å². The number of rotatable bonds is 5. The maximum absolute atomic E-state index is 13.3. The van der Waals surface area contributed by atoms with Crippen LogP contribution in [0.25, 0.3) is 0 Å². The fourth-order valence-electron chi connectivity index (χ4n) is 2.98. The van der Waals surface area contributed by atoms with Crippen LogP contribution in [0.2, 0.25) is 5.02 Å². The van der Waals surface area contributed by atoms with Gasteiger partial charge in [-0.3, -0.25) is 9.69 Å². The number of nitrogens with zero attached hydrogens (tertiary/aromatic N) is 2. The first kappa shape index (κ1) is 18.2. The predicted molar refractivity (Wildman–Crippen MR) is 101 cm³/mol. The van der Waals surface area contributed by atoms with Gasteiger partial charge in [0.2, 0.25) is 5.91 Å². The molecule has 1 fully saturated rings. The highest BCUT2D eigenvalue weighted by Gasteiger charge is 2.32. The summed E-state index contributed by atoms with van der Waals surface area (Å²) in [5, 5.41) is 0.650. The number of halogens is 2. The minimum Gasteiger partial charge on any atom is -0.325 e. The largest absolute Gasteiger partial charge is 0.325 e. The molecule has 0 aromatic heterocycles. The van der Waals surface area contributed by atoms with Crippen LogP contribution in [-0.4, -0.2) is 41.6 Å². The molecule has 0 N–H and O–H groups in total. The SMILES string of the molecule is CN(CC(=O)N1CCS[C@@H]1c1ccccc1Cl)Cc1cccc(F)c1. The zero-order chi connectivity index (χ0) is 17.8. The van der Waals surface area contributed by atoms with Crippen molar-refractivity contribution in [3.8, 4) is 0 Å². The molecule has 2 aromatic rings. The molecule has 2 aromatic carbocycles. The Morgan fingerprint density at radius 3 is 2.88 bits per heavy atom. The molecule has 0 saturated carbocycles. The standard InChI is InChI=1S/C19H20ClFN2OS/c1-22(12-14-5-4-6-15(21)11-14)13-18(24)23-9-10-25-19(23)16-7-2-3-8-17(16)20/h2-8,11,19H,9-10,12-13H2,1H3/t19-/m1/s1. The number of thioether (sulfide) groups is 1. The summed E-state index contributed by atoms with van der Waals surface area (Å²) in [5.74, 6) is 0.704. The zero-order valence-electron chi connectivity index (χ0n) is 14.0. The molecule has 3 rings (SSSR count). The summed E-state index contributed by atoms with van der Waals surface area (Å²) in [4.78, 5) is 16.6. The molecule has 1 heterocycles. The number of benzene rings is 2. The van der Waals surface area contributed by atoms with Gasteiger partial charge >= 0.3 is 0 Å². The van der Waals surface area contributed by atoms with Gasteiger partial charge in [-0.2, -0.15) is 0 Å². The van der Waals surface area contributed by atoms with E-state index < -0.39 is 0 Å². The van der Waals surface area contributed by atoms with Crippen molar-refractivity contribution in [1.82, 2.24) is 9.80 Å². The zero-order valence-corrected chi connectivity index (χ0v) is 15.6. The predicted octanol–water partition coefficient (Wildman–Crippen LogP) is 4.19. The highest BCUT2D eigenvalue weighted by molar-refractivity contribution is 7.99. The van der Waals surface area contributed by atoms with Gasteiger partial charge in [-0.05, 0) is 30.8 Å². The van der Waals surface area contributed by atoms with Gasteiger partial charge < -0.3 is 4.90 Å². The van der Waals surface area contributed by atoms with E-state index >= 15 is 0 Å². The van der Waals surface area contributed by atoms with E-state index in [-0.39, 0.29) is 23.6 Å². The molecule has 6 heteroatoms. The van der Waals surface area contributed by atoms with Crippen LogP contribution in [0.4, 0.5) is 4.39 Å². The van der Waals surface area contributed by atoms with E-state index in [2.05, 4.69) is 0 Å². The number of carbonyl (C=O) groups is 1. The van der Waals surface area contributed by atoms with Crippen molar-refractivity contribution in [2.45, 2.75) is 11.9 Å². The van der Waals surface area contributed by atoms with Crippen molar-refractivity contribution >= 4 is 29.3 Å². The normalized spacial score (nSPS) is 17.3. The Labute approximate surface area is 156 Å². The van der Waals surface area contributed by atoms with Crippen molar-refractivity contribution in [3.63, 3.8) is 0 Å². The summed E-state index contributed by atoms with van der Waals surface area (Å²) in [6.07, 6.45) is 0. The summed E-state index contributed by atoms with van der Waals surface area (Å²) < 4.78 is 13.3. The van der Waals surface area contributed by atoms with Crippen molar-refractivity contribution in [2.24, 2.45) is 0 Å². The van der Waals surface area contributed by atoms with E-state index in [0.717, 1.165) is 16.9 Å². The third-order valence-electron chi connectivity index (χ3n) is 4.13. The third kappa shape index (κ3) is 4.54. The topological polar surface area (TPSA) is 23.6 Å². The van der Waals surface area contributed by atoms with E-state index in [1.165, 1.54) is 12.1 Å². The molecule has 1 amide bonds. The van der Waals surface area contributed by atoms with Gasteiger partial charge in [-0.15, -0.1) is 11.8 Å². The first-order valence-corrected chi connectivity index (χ1v) is 9.56. The molecule has 25 heavy (non-hydrogen) atoms. The summed E-state index contributed by atoms with van der Waals surface area (Å²) in [6, 6.07) is 14.1. The van der Waals surface area contributed by atoms with Gasteiger partial charge in [-0.1, -0.05) is 41.9 Å². The first-order chi connectivity index (χ1) is 12.0. The van der Waals surface area contributed by atoms with Gasteiger partial charge in [0.15, 0.2) is 0 Å². The molecular weight excluding hydrogens is 359 g/mol. The van der Waals surface area contributed by atoms with Crippen LogP contribution in [0.3, 0.4) is 0 Å². The smallest absolute Gasteiger partial charge is 0.237 e. The molecule has 0 unspecified atom stereocenters. The minimum absolute atomic E-state index is 0.0382. The third-order valence-corrected chi connectivity index (χ3v) is 5.72. The van der Waals surface area contributed by atoms with Crippen LogP contribution in [0.5, 0.6) is 0 Å². The number of hydrogen-bond acceptors (Lipinski definition) is 3. The Balaban J connectivity index is 1.65. The molecule has 0 radical (unpaired) electrons. The molecule has 3 nitrogen and oxygen atoms in total. The monoisotopic (exact) mass is 378 g/mol. The van der Waals surface area contributed by atoms with Crippen LogP contribution in [0.1, 0.15) is 16.5 Å². The van der Waals surface area contributed by atoms with Crippen molar-refractivity contribution in [2.75, 3.05) is 25.9 Å². The Morgan fingerprint density at radius 2 is 2.12 bits per heavy atom. The van der Waals surface area contributed by atoms with Gasteiger partial charge in [0.1, 0.15) is 11.2 Å². The van der Waals surface area contributed by atoms with Crippen LogP contribution in [0.15, 0.2) is 48.5 Å². The first-order valence-electron chi connectivity index (χ1n) is 8.13. The Morgan fingerprint density at radius 1 is 1.32 bits per heavy atom. The fraction of sp³-hybridized carbons (Fsp3) is 0.316. The molecule has 1 aliphatic rings. The van der Waals surface area contributed by atoms with Crippen LogP contribution >= 0.6 is 23.4 Å². The summed E-state index contributed by atoms with van der Waals surface area (Å²) in [5.41, 5.74) is 1.83. The molecular formula is C19H20ClFN2OS. The summed E-state index contributed by atoms with van der Waals surface area (Å²) in [6.45, 7) is 1.53. The Hall–Kier alpha value is -1.56. The molecule has 1 atom stereocenters. The van der Waals surface area contributed by atoms with Crippen molar-refractivity contribution < 1.29 is 9.18 Å². The van der Waals surface area contributed by atoms with Crippen LogP contribution in [-0.2, 0) is 11.3 Å². The lowest BCUT2D eigenvalue weighted by atomic mass is 10.2.